The van der Waals surface area contributed by atoms with Gasteiger partial charge in [0.25, 0.3) is 5.91 Å². The van der Waals surface area contributed by atoms with Crippen LogP contribution in [0.3, 0.4) is 0 Å². The number of carbonyl (C=O) groups excluding carboxylic acids is 1. The third-order valence-corrected chi connectivity index (χ3v) is 7.95. The molecular weight excluding hydrogens is 452 g/mol. The largest absolute Gasteiger partial charge is 0.497 e. The number of carbonyl (C=O) groups is 1. The molecule has 0 radical (unpaired) electrons. The van der Waals surface area contributed by atoms with E-state index in [9.17, 15) is 13.2 Å². The molecule has 3 rings (SSSR count). The standard InChI is InChI=1S/C23H29ClN2O5S/c1-16-5-4-12-26(15-16)32(28,29)22-13-18(7-9-20(22)24)23(27)25-11-10-17-6-8-19(30-2)14-21(17)31-3/h6-9,13-14,16H,4-5,10-12,15H2,1-3H3,(H,25,27). The Morgan fingerprint density at radius 2 is 1.97 bits per heavy atom. The summed E-state index contributed by atoms with van der Waals surface area (Å²) >= 11 is 6.22. The van der Waals surface area contributed by atoms with Crippen molar-refractivity contribution >= 4 is 27.5 Å². The van der Waals surface area contributed by atoms with Crippen LogP contribution in [-0.4, -0.2) is 52.5 Å². The third kappa shape index (κ3) is 5.54. The van der Waals surface area contributed by atoms with E-state index in [4.69, 9.17) is 21.1 Å². The van der Waals surface area contributed by atoms with Crippen molar-refractivity contribution in [3.8, 4) is 11.5 Å². The lowest BCUT2D eigenvalue weighted by Gasteiger charge is -2.30. The number of benzene rings is 2. The van der Waals surface area contributed by atoms with Gasteiger partial charge in [0.2, 0.25) is 10.0 Å². The quantitative estimate of drug-likeness (QED) is 0.622. The summed E-state index contributed by atoms with van der Waals surface area (Å²) in [5.41, 5.74) is 1.17. The summed E-state index contributed by atoms with van der Waals surface area (Å²) in [6.45, 7) is 3.31. The summed E-state index contributed by atoms with van der Waals surface area (Å²) in [7, 11) is -0.604. The number of amides is 1. The van der Waals surface area contributed by atoms with Crippen molar-refractivity contribution in [1.82, 2.24) is 9.62 Å². The molecule has 9 heteroatoms. The van der Waals surface area contributed by atoms with Gasteiger partial charge in [-0.15, -0.1) is 0 Å². The lowest BCUT2D eigenvalue weighted by atomic mass is 10.0. The molecule has 0 bridgehead atoms. The van der Waals surface area contributed by atoms with E-state index >= 15 is 0 Å². The van der Waals surface area contributed by atoms with Crippen LogP contribution in [0, 0.1) is 5.92 Å². The lowest BCUT2D eigenvalue weighted by molar-refractivity contribution is 0.0954. The van der Waals surface area contributed by atoms with Gasteiger partial charge in [0.1, 0.15) is 16.4 Å². The Balaban J connectivity index is 1.70. The van der Waals surface area contributed by atoms with Gasteiger partial charge < -0.3 is 14.8 Å². The van der Waals surface area contributed by atoms with E-state index in [1.165, 1.54) is 22.5 Å². The molecule has 0 aromatic heterocycles. The summed E-state index contributed by atoms with van der Waals surface area (Å²) in [4.78, 5) is 12.7. The predicted molar refractivity (Wildman–Crippen MR) is 124 cm³/mol. The molecule has 1 aliphatic rings. The van der Waals surface area contributed by atoms with Gasteiger partial charge in [-0.25, -0.2) is 8.42 Å². The molecule has 2 aromatic carbocycles. The molecule has 32 heavy (non-hydrogen) atoms. The number of nitrogens with one attached hydrogen (secondary N) is 1. The maximum absolute atomic E-state index is 13.1. The lowest BCUT2D eigenvalue weighted by Crippen LogP contribution is -2.39. The average Bonchev–Trinajstić information content (AvgIpc) is 2.79. The minimum Gasteiger partial charge on any atom is -0.497 e. The number of methoxy groups -OCH3 is 2. The molecule has 0 aliphatic carbocycles. The Morgan fingerprint density at radius 1 is 1.19 bits per heavy atom. The van der Waals surface area contributed by atoms with Crippen molar-refractivity contribution in [2.24, 2.45) is 5.92 Å². The summed E-state index contributed by atoms with van der Waals surface area (Å²) in [6.07, 6.45) is 2.36. The van der Waals surface area contributed by atoms with Crippen molar-refractivity contribution in [2.75, 3.05) is 33.9 Å². The zero-order valence-corrected chi connectivity index (χ0v) is 20.1. The highest BCUT2D eigenvalue weighted by Gasteiger charge is 2.30. The highest BCUT2D eigenvalue weighted by Crippen LogP contribution is 2.29. The van der Waals surface area contributed by atoms with E-state index in [0.717, 1.165) is 18.4 Å². The molecule has 1 saturated heterocycles. The first-order chi connectivity index (χ1) is 15.3. The molecule has 1 amide bonds. The zero-order chi connectivity index (χ0) is 23.3. The summed E-state index contributed by atoms with van der Waals surface area (Å²) in [5, 5.41) is 2.95. The second-order valence-electron chi connectivity index (χ2n) is 7.94. The van der Waals surface area contributed by atoms with Gasteiger partial charge >= 0.3 is 0 Å². The second kappa shape index (κ2) is 10.6. The van der Waals surface area contributed by atoms with E-state index in [1.54, 1.807) is 20.3 Å². The number of sulfonamides is 1. The summed E-state index contributed by atoms with van der Waals surface area (Å²) < 4.78 is 38.3. The van der Waals surface area contributed by atoms with Crippen molar-refractivity contribution in [1.29, 1.82) is 0 Å². The number of halogens is 1. The van der Waals surface area contributed by atoms with Crippen molar-refractivity contribution in [2.45, 2.75) is 31.1 Å². The molecule has 1 aliphatic heterocycles. The van der Waals surface area contributed by atoms with Crippen LogP contribution in [0.2, 0.25) is 5.02 Å². The number of hydrogen-bond acceptors (Lipinski definition) is 5. The Labute approximate surface area is 194 Å². The van der Waals surface area contributed by atoms with Crippen LogP contribution in [0.25, 0.3) is 0 Å². The van der Waals surface area contributed by atoms with E-state index in [-0.39, 0.29) is 21.4 Å². The highest BCUT2D eigenvalue weighted by molar-refractivity contribution is 7.89. The highest BCUT2D eigenvalue weighted by atomic mass is 35.5. The number of hydrogen-bond donors (Lipinski definition) is 1. The van der Waals surface area contributed by atoms with Crippen LogP contribution in [0.5, 0.6) is 11.5 Å². The van der Waals surface area contributed by atoms with E-state index in [0.29, 0.717) is 43.5 Å². The SMILES string of the molecule is COc1ccc(CCNC(=O)c2ccc(Cl)c(S(=O)(=O)N3CCCC(C)C3)c2)c(OC)c1. The number of ether oxygens (including phenoxy) is 2. The van der Waals surface area contributed by atoms with Gasteiger partial charge in [0.15, 0.2) is 0 Å². The smallest absolute Gasteiger partial charge is 0.251 e. The summed E-state index contributed by atoms with van der Waals surface area (Å²) in [6, 6.07) is 9.86. The van der Waals surface area contributed by atoms with Crippen molar-refractivity contribution in [3.05, 3.63) is 52.5 Å². The monoisotopic (exact) mass is 480 g/mol. The Kier molecular flexibility index (Phi) is 8.03. The first-order valence-corrected chi connectivity index (χ1v) is 12.4. The first-order valence-electron chi connectivity index (χ1n) is 10.5. The van der Waals surface area contributed by atoms with Gasteiger partial charge in [-0.3, -0.25) is 4.79 Å². The van der Waals surface area contributed by atoms with Gasteiger partial charge in [-0.1, -0.05) is 24.6 Å². The third-order valence-electron chi connectivity index (χ3n) is 5.61. The molecular formula is C23H29ClN2O5S. The van der Waals surface area contributed by atoms with Crippen LogP contribution >= 0.6 is 11.6 Å². The zero-order valence-electron chi connectivity index (χ0n) is 18.6. The number of rotatable bonds is 8. The molecule has 1 unspecified atom stereocenters. The molecule has 7 nitrogen and oxygen atoms in total. The van der Waals surface area contributed by atoms with Crippen LogP contribution in [0.15, 0.2) is 41.3 Å². The van der Waals surface area contributed by atoms with Crippen molar-refractivity contribution < 1.29 is 22.7 Å². The fraction of sp³-hybridized carbons (Fsp3) is 0.435. The molecule has 0 spiro atoms. The molecule has 1 heterocycles. The fourth-order valence-corrected chi connectivity index (χ4v) is 5.92. The van der Waals surface area contributed by atoms with Crippen LogP contribution in [0.1, 0.15) is 35.7 Å². The van der Waals surface area contributed by atoms with Gasteiger partial charge in [0, 0.05) is 31.3 Å². The van der Waals surface area contributed by atoms with Gasteiger partial charge in [0.05, 0.1) is 19.2 Å². The van der Waals surface area contributed by atoms with Crippen LogP contribution in [0.4, 0.5) is 0 Å². The normalized spacial score (nSPS) is 17.1. The molecule has 1 atom stereocenters. The minimum atomic E-state index is -3.77. The minimum absolute atomic E-state index is 0.0299. The molecule has 2 aromatic rings. The predicted octanol–water partition coefficient (Wildman–Crippen LogP) is 3.75. The van der Waals surface area contributed by atoms with Gasteiger partial charge in [-0.05, 0) is 55.0 Å². The number of piperidine rings is 1. The van der Waals surface area contributed by atoms with Gasteiger partial charge in [-0.2, -0.15) is 4.31 Å². The molecule has 0 saturated carbocycles. The van der Waals surface area contributed by atoms with E-state index in [2.05, 4.69) is 5.32 Å². The van der Waals surface area contributed by atoms with Crippen LogP contribution < -0.4 is 14.8 Å². The molecule has 174 valence electrons. The topological polar surface area (TPSA) is 84.9 Å². The Morgan fingerprint density at radius 3 is 2.66 bits per heavy atom. The maximum atomic E-state index is 13.1. The van der Waals surface area contributed by atoms with Crippen molar-refractivity contribution in [3.63, 3.8) is 0 Å². The molecule has 1 N–H and O–H groups in total. The maximum Gasteiger partial charge on any atom is 0.251 e. The van der Waals surface area contributed by atoms with E-state index < -0.39 is 10.0 Å². The van der Waals surface area contributed by atoms with Crippen LogP contribution in [-0.2, 0) is 16.4 Å². The fourth-order valence-electron chi connectivity index (χ4n) is 3.82. The first kappa shape index (κ1) is 24.4. The Bertz CT molecular complexity index is 1070. The second-order valence-corrected chi connectivity index (χ2v) is 10.3. The number of nitrogens with zero attached hydrogens (tertiary/aromatic N) is 1. The Hall–Kier alpha value is -2.29. The summed E-state index contributed by atoms with van der Waals surface area (Å²) in [5.74, 6) is 1.29. The van der Waals surface area contributed by atoms with E-state index in [1.807, 2.05) is 19.1 Å². The average molecular weight is 481 g/mol. The molecule has 1 fully saturated rings.